The molecule has 0 saturated carbocycles. The number of piperazine rings is 1. The Morgan fingerprint density at radius 1 is 1.00 bits per heavy atom. The molecule has 4 rings (SSSR count). The second-order valence-electron chi connectivity index (χ2n) is 6.67. The standard InChI is InChI=1S/C20H23N5O5/c1-27-14-10-13(11-15(12-14)28-2)24-5-7-25(8-6-24)20(26)22-17-19(29-3)23-18-16(21-17)4-9-30-18/h4,9-12H,5-8H2,1-3H3,(H,21,22,26). The largest absolute Gasteiger partial charge is 0.497 e. The van der Waals surface area contributed by atoms with Crippen LogP contribution in [0.4, 0.5) is 16.3 Å². The van der Waals surface area contributed by atoms with E-state index < -0.39 is 0 Å². The number of ether oxygens (including phenoxy) is 3. The van der Waals surface area contributed by atoms with E-state index >= 15 is 0 Å². The highest BCUT2D eigenvalue weighted by molar-refractivity contribution is 5.90. The molecule has 1 saturated heterocycles. The van der Waals surface area contributed by atoms with Gasteiger partial charge in [-0.1, -0.05) is 0 Å². The molecule has 1 aromatic carbocycles. The van der Waals surface area contributed by atoms with E-state index in [0.717, 1.165) is 17.2 Å². The first-order chi connectivity index (χ1) is 14.6. The Morgan fingerprint density at radius 3 is 2.33 bits per heavy atom. The highest BCUT2D eigenvalue weighted by Gasteiger charge is 2.24. The van der Waals surface area contributed by atoms with Crippen LogP contribution in [0.2, 0.25) is 0 Å². The van der Waals surface area contributed by atoms with E-state index in [0.29, 0.717) is 37.4 Å². The molecule has 1 aliphatic rings. The van der Waals surface area contributed by atoms with Gasteiger partial charge in [0.1, 0.15) is 17.0 Å². The molecule has 1 fully saturated rings. The van der Waals surface area contributed by atoms with E-state index in [1.807, 2.05) is 18.2 Å². The number of urea groups is 1. The minimum atomic E-state index is -0.256. The van der Waals surface area contributed by atoms with Gasteiger partial charge in [-0.05, 0) is 0 Å². The van der Waals surface area contributed by atoms with E-state index in [1.54, 1.807) is 25.2 Å². The summed E-state index contributed by atoms with van der Waals surface area (Å²) in [5.41, 5.74) is 1.89. The van der Waals surface area contributed by atoms with Crippen LogP contribution in [0, 0.1) is 0 Å². The molecule has 3 heterocycles. The van der Waals surface area contributed by atoms with Gasteiger partial charge in [0.2, 0.25) is 5.71 Å². The number of fused-ring (bicyclic) bond motifs is 1. The lowest BCUT2D eigenvalue weighted by atomic mass is 10.2. The van der Waals surface area contributed by atoms with E-state index in [1.165, 1.54) is 13.4 Å². The van der Waals surface area contributed by atoms with Gasteiger partial charge in [0.05, 0.1) is 27.6 Å². The SMILES string of the molecule is COc1cc(OC)cc(N2CCN(C(=O)Nc3nc4ccoc4nc3OC)CC2)c1. The van der Waals surface area contributed by atoms with Crippen molar-refractivity contribution in [1.82, 2.24) is 14.9 Å². The normalized spacial score (nSPS) is 14.0. The molecule has 0 bridgehead atoms. The fourth-order valence-corrected chi connectivity index (χ4v) is 3.32. The highest BCUT2D eigenvalue weighted by Crippen LogP contribution is 2.29. The van der Waals surface area contributed by atoms with Crippen molar-refractivity contribution in [3.63, 3.8) is 0 Å². The number of methoxy groups -OCH3 is 3. The smallest absolute Gasteiger partial charge is 0.323 e. The second kappa shape index (κ2) is 8.36. The number of furan rings is 1. The van der Waals surface area contributed by atoms with Gasteiger partial charge in [-0.15, -0.1) is 0 Å². The molecule has 2 aromatic heterocycles. The first-order valence-electron chi connectivity index (χ1n) is 9.44. The van der Waals surface area contributed by atoms with Crippen LogP contribution in [-0.4, -0.2) is 68.4 Å². The first kappa shape index (κ1) is 19.6. The van der Waals surface area contributed by atoms with Crippen LogP contribution >= 0.6 is 0 Å². The fourth-order valence-electron chi connectivity index (χ4n) is 3.32. The van der Waals surface area contributed by atoms with Crippen LogP contribution in [-0.2, 0) is 0 Å². The molecule has 158 valence electrons. The number of benzene rings is 1. The van der Waals surface area contributed by atoms with Gasteiger partial charge in [-0.3, -0.25) is 5.32 Å². The van der Waals surface area contributed by atoms with Crippen molar-refractivity contribution < 1.29 is 23.4 Å². The third-order valence-corrected chi connectivity index (χ3v) is 4.95. The van der Waals surface area contributed by atoms with Crippen molar-refractivity contribution in [1.29, 1.82) is 0 Å². The van der Waals surface area contributed by atoms with Crippen LogP contribution < -0.4 is 24.4 Å². The second-order valence-corrected chi connectivity index (χ2v) is 6.67. The zero-order chi connectivity index (χ0) is 21.1. The van der Waals surface area contributed by atoms with Crippen molar-refractivity contribution in [2.24, 2.45) is 0 Å². The Morgan fingerprint density at radius 2 is 1.70 bits per heavy atom. The Bertz CT molecular complexity index is 1020. The zero-order valence-electron chi connectivity index (χ0n) is 17.0. The molecule has 2 amide bonds. The average molecular weight is 413 g/mol. The summed E-state index contributed by atoms with van der Waals surface area (Å²) >= 11 is 0. The number of nitrogens with one attached hydrogen (secondary N) is 1. The summed E-state index contributed by atoms with van der Waals surface area (Å²) in [5, 5.41) is 2.79. The van der Waals surface area contributed by atoms with Crippen molar-refractivity contribution in [2.45, 2.75) is 0 Å². The Hall–Kier alpha value is -3.69. The number of rotatable bonds is 5. The molecule has 0 radical (unpaired) electrons. The predicted octanol–water partition coefficient (Wildman–Crippen LogP) is 2.60. The zero-order valence-corrected chi connectivity index (χ0v) is 17.0. The molecular weight excluding hydrogens is 390 g/mol. The van der Waals surface area contributed by atoms with Crippen molar-refractivity contribution >= 4 is 28.8 Å². The van der Waals surface area contributed by atoms with E-state index in [-0.39, 0.29) is 17.7 Å². The van der Waals surface area contributed by atoms with E-state index in [2.05, 4.69) is 20.2 Å². The van der Waals surface area contributed by atoms with Crippen LogP contribution in [0.15, 0.2) is 34.9 Å². The number of anilines is 2. The quantitative estimate of drug-likeness (QED) is 0.681. The molecule has 0 spiro atoms. The summed E-state index contributed by atoms with van der Waals surface area (Å²) in [6, 6.07) is 7.17. The number of hydrogen-bond donors (Lipinski definition) is 1. The predicted molar refractivity (Wildman–Crippen MR) is 111 cm³/mol. The topological polar surface area (TPSA) is 102 Å². The molecule has 10 nitrogen and oxygen atoms in total. The maximum absolute atomic E-state index is 12.8. The minimum absolute atomic E-state index is 0.202. The van der Waals surface area contributed by atoms with Crippen LogP contribution in [0.1, 0.15) is 0 Å². The van der Waals surface area contributed by atoms with Gasteiger partial charge >= 0.3 is 6.03 Å². The molecule has 0 unspecified atom stereocenters. The number of amides is 2. The summed E-state index contributed by atoms with van der Waals surface area (Å²) in [7, 11) is 4.72. The Kier molecular flexibility index (Phi) is 5.46. The minimum Gasteiger partial charge on any atom is -0.497 e. The van der Waals surface area contributed by atoms with Crippen molar-refractivity contribution in [2.75, 3.05) is 57.7 Å². The van der Waals surface area contributed by atoms with Crippen LogP contribution in [0.25, 0.3) is 11.2 Å². The summed E-state index contributed by atoms with van der Waals surface area (Å²) < 4.78 is 21.1. The Labute approximate surface area is 173 Å². The van der Waals surface area contributed by atoms with Gasteiger partial charge in [0.15, 0.2) is 5.82 Å². The number of aromatic nitrogens is 2. The molecule has 10 heteroatoms. The van der Waals surface area contributed by atoms with Gasteiger partial charge in [0.25, 0.3) is 5.88 Å². The number of hydrogen-bond acceptors (Lipinski definition) is 8. The first-order valence-corrected chi connectivity index (χ1v) is 9.44. The van der Waals surface area contributed by atoms with Crippen LogP contribution in [0.3, 0.4) is 0 Å². The van der Waals surface area contributed by atoms with Crippen LogP contribution in [0.5, 0.6) is 17.4 Å². The van der Waals surface area contributed by atoms with Gasteiger partial charge < -0.3 is 28.4 Å². The van der Waals surface area contributed by atoms with Crippen molar-refractivity contribution in [3.05, 3.63) is 30.5 Å². The van der Waals surface area contributed by atoms with Crippen molar-refractivity contribution in [3.8, 4) is 17.4 Å². The number of nitrogens with zero attached hydrogens (tertiary/aromatic N) is 4. The summed E-state index contributed by atoms with van der Waals surface area (Å²) in [5.74, 6) is 1.92. The molecule has 0 aliphatic carbocycles. The third-order valence-electron chi connectivity index (χ3n) is 4.95. The average Bonchev–Trinajstić information content (AvgIpc) is 3.25. The molecule has 3 aromatic rings. The number of carbonyl (C=O) groups excluding carboxylic acids is 1. The van der Waals surface area contributed by atoms with E-state index in [4.69, 9.17) is 18.6 Å². The fraction of sp³-hybridized carbons (Fsp3) is 0.350. The van der Waals surface area contributed by atoms with Gasteiger partial charge in [-0.2, -0.15) is 4.98 Å². The molecule has 0 atom stereocenters. The molecule has 30 heavy (non-hydrogen) atoms. The lowest BCUT2D eigenvalue weighted by Crippen LogP contribution is -2.50. The van der Waals surface area contributed by atoms with Gasteiger partial charge in [-0.25, -0.2) is 9.78 Å². The Balaban J connectivity index is 1.43. The molecule has 1 aliphatic heterocycles. The summed E-state index contributed by atoms with van der Waals surface area (Å²) in [6.45, 7) is 2.45. The van der Waals surface area contributed by atoms with Gasteiger partial charge in [0, 0.05) is 56.1 Å². The number of carbonyl (C=O) groups is 1. The summed E-state index contributed by atoms with van der Waals surface area (Å²) in [6.07, 6.45) is 1.49. The maximum Gasteiger partial charge on any atom is 0.323 e. The maximum atomic E-state index is 12.8. The lowest BCUT2D eigenvalue weighted by Gasteiger charge is -2.36. The molecular formula is C20H23N5O5. The molecule has 1 N–H and O–H groups in total. The third kappa shape index (κ3) is 3.88. The summed E-state index contributed by atoms with van der Waals surface area (Å²) in [4.78, 5) is 25.3. The van der Waals surface area contributed by atoms with E-state index in [9.17, 15) is 4.79 Å². The monoisotopic (exact) mass is 413 g/mol. The highest BCUT2D eigenvalue weighted by atomic mass is 16.5. The lowest BCUT2D eigenvalue weighted by molar-refractivity contribution is 0.208.